The fraction of sp³-hybridized carbons (Fsp3) is 0.100. The lowest BCUT2D eigenvalue weighted by Crippen LogP contribution is -1.67. The Labute approximate surface area is 61.5 Å². The third kappa shape index (κ3) is 1.93. The van der Waals surface area contributed by atoms with Gasteiger partial charge in [-0.1, -0.05) is 30.3 Å². The highest BCUT2D eigenvalue weighted by Gasteiger charge is 1.78. The van der Waals surface area contributed by atoms with Crippen molar-refractivity contribution in [2.75, 3.05) is 0 Å². The van der Waals surface area contributed by atoms with Crippen LogP contribution in [0.1, 0.15) is 12.5 Å². The molecule has 0 N–H and O–H groups in total. The Morgan fingerprint density at radius 2 is 1.90 bits per heavy atom. The van der Waals surface area contributed by atoms with Crippen molar-refractivity contribution in [2.45, 2.75) is 6.92 Å². The number of rotatable bonds is 1. The van der Waals surface area contributed by atoms with E-state index in [0.717, 1.165) is 5.56 Å². The molecule has 1 rings (SSSR count). The van der Waals surface area contributed by atoms with E-state index in [1.54, 1.807) is 0 Å². The molecule has 0 fully saturated rings. The highest BCUT2D eigenvalue weighted by Crippen LogP contribution is 1.96. The van der Waals surface area contributed by atoms with E-state index >= 15 is 0 Å². The van der Waals surface area contributed by atoms with Gasteiger partial charge in [-0.15, -0.1) is 5.73 Å². The van der Waals surface area contributed by atoms with Crippen LogP contribution in [-0.2, 0) is 0 Å². The van der Waals surface area contributed by atoms with Crippen LogP contribution in [0.2, 0.25) is 0 Å². The Kier molecular flexibility index (Phi) is 2.54. The van der Waals surface area contributed by atoms with E-state index in [2.05, 4.69) is 11.8 Å². The van der Waals surface area contributed by atoms with E-state index in [4.69, 9.17) is 0 Å². The minimum atomic E-state index is 1.07. The van der Waals surface area contributed by atoms with Crippen LogP contribution in [0, 0.1) is 6.08 Å². The minimum Gasteiger partial charge on any atom is -0.116 e. The molecule has 1 aromatic rings. The lowest BCUT2D eigenvalue weighted by Gasteiger charge is -1.84. The number of hydrogen-bond acceptors (Lipinski definition) is 0. The summed E-state index contributed by atoms with van der Waals surface area (Å²) in [5, 5.41) is 0. The van der Waals surface area contributed by atoms with E-state index in [9.17, 15) is 0 Å². The molecular formula is C10H9. The van der Waals surface area contributed by atoms with Crippen LogP contribution >= 0.6 is 0 Å². The molecule has 1 radical (unpaired) electrons. The highest BCUT2D eigenvalue weighted by atomic mass is 13.8. The predicted molar refractivity (Wildman–Crippen MR) is 42.5 cm³/mol. The van der Waals surface area contributed by atoms with Crippen LogP contribution in [0.4, 0.5) is 0 Å². The topological polar surface area (TPSA) is 0 Å². The van der Waals surface area contributed by atoms with Gasteiger partial charge in [0, 0.05) is 6.08 Å². The molecule has 0 spiro atoms. The smallest absolute Gasteiger partial charge is 0.0389 e. The van der Waals surface area contributed by atoms with Crippen LogP contribution in [0.3, 0.4) is 0 Å². The molecule has 0 bridgehead atoms. The molecule has 0 amide bonds. The van der Waals surface area contributed by atoms with Crippen LogP contribution in [-0.4, -0.2) is 0 Å². The maximum absolute atomic E-state index is 2.99. The summed E-state index contributed by atoms with van der Waals surface area (Å²) in [5.74, 6) is 0. The SMILES string of the molecule is CC=C=[C]c1ccccc1. The molecule has 0 aliphatic rings. The maximum atomic E-state index is 2.99. The standard InChI is InChI=1S/C10H9/c1-2-3-7-10-8-5-4-6-9-10/h2,4-6,8-9H,1H3. The first-order chi connectivity index (χ1) is 4.93. The summed E-state index contributed by atoms with van der Waals surface area (Å²) >= 11 is 0. The predicted octanol–water partition coefficient (Wildman–Crippen LogP) is 2.57. The first kappa shape index (κ1) is 6.85. The average molecular weight is 129 g/mol. The van der Waals surface area contributed by atoms with Gasteiger partial charge in [0.25, 0.3) is 0 Å². The summed E-state index contributed by atoms with van der Waals surface area (Å²) in [6.07, 6.45) is 4.83. The van der Waals surface area contributed by atoms with E-state index in [1.807, 2.05) is 43.3 Å². The first-order valence-corrected chi connectivity index (χ1v) is 3.28. The van der Waals surface area contributed by atoms with Crippen molar-refractivity contribution in [3.63, 3.8) is 0 Å². The Morgan fingerprint density at radius 1 is 1.20 bits per heavy atom. The normalized spacial score (nSPS) is 8.10. The quantitative estimate of drug-likeness (QED) is 0.511. The van der Waals surface area contributed by atoms with Crippen LogP contribution < -0.4 is 0 Å². The molecule has 0 atom stereocenters. The van der Waals surface area contributed by atoms with Gasteiger partial charge in [0.1, 0.15) is 0 Å². The van der Waals surface area contributed by atoms with Crippen molar-refractivity contribution in [3.8, 4) is 0 Å². The molecule has 0 nitrogen and oxygen atoms in total. The van der Waals surface area contributed by atoms with Gasteiger partial charge < -0.3 is 0 Å². The van der Waals surface area contributed by atoms with E-state index in [0.29, 0.717) is 0 Å². The van der Waals surface area contributed by atoms with Gasteiger partial charge in [0.05, 0.1) is 0 Å². The molecule has 0 aromatic heterocycles. The van der Waals surface area contributed by atoms with Gasteiger partial charge in [-0.05, 0) is 18.6 Å². The molecule has 0 aliphatic carbocycles. The molecular weight excluding hydrogens is 120 g/mol. The van der Waals surface area contributed by atoms with Gasteiger partial charge in [-0.2, -0.15) is 0 Å². The molecule has 0 heterocycles. The Morgan fingerprint density at radius 3 is 2.50 bits per heavy atom. The summed E-state index contributed by atoms with van der Waals surface area (Å²) in [5.41, 5.74) is 3.96. The van der Waals surface area contributed by atoms with Crippen molar-refractivity contribution in [1.29, 1.82) is 0 Å². The molecule has 0 saturated carbocycles. The second-order valence-corrected chi connectivity index (χ2v) is 1.92. The summed E-state index contributed by atoms with van der Waals surface area (Å²) in [7, 11) is 0. The fourth-order valence-electron chi connectivity index (χ4n) is 0.677. The van der Waals surface area contributed by atoms with Crippen molar-refractivity contribution in [1.82, 2.24) is 0 Å². The summed E-state index contributed by atoms with van der Waals surface area (Å²) in [6.45, 7) is 1.93. The van der Waals surface area contributed by atoms with Crippen molar-refractivity contribution < 1.29 is 0 Å². The number of hydrogen-bond donors (Lipinski definition) is 0. The van der Waals surface area contributed by atoms with E-state index in [-0.39, 0.29) is 0 Å². The maximum Gasteiger partial charge on any atom is 0.0389 e. The third-order valence-electron chi connectivity index (χ3n) is 1.13. The molecule has 0 aliphatic heterocycles. The van der Waals surface area contributed by atoms with Crippen LogP contribution in [0.5, 0.6) is 0 Å². The van der Waals surface area contributed by atoms with Crippen molar-refractivity contribution in [3.05, 3.63) is 53.8 Å². The summed E-state index contributed by atoms with van der Waals surface area (Å²) in [4.78, 5) is 0. The van der Waals surface area contributed by atoms with Crippen LogP contribution in [0.25, 0.3) is 0 Å². The lowest BCUT2D eigenvalue weighted by atomic mass is 10.2. The van der Waals surface area contributed by atoms with Gasteiger partial charge in [0.15, 0.2) is 0 Å². The average Bonchev–Trinajstić information content (AvgIpc) is 2.03. The molecule has 0 unspecified atom stereocenters. The zero-order chi connectivity index (χ0) is 7.23. The Bertz CT molecular complexity index is 238. The van der Waals surface area contributed by atoms with Gasteiger partial charge in [0.2, 0.25) is 0 Å². The third-order valence-corrected chi connectivity index (χ3v) is 1.13. The first-order valence-electron chi connectivity index (χ1n) is 3.28. The highest BCUT2D eigenvalue weighted by molar-refractivity contribution is 5.21. The molecule has 10 heavy (non-hydrogen) atoms. The fourth-order valence-corrected chi connectivity index (χ4v) is 0.677. The van der Waals surface area contributed by atoms with Gasteiger partial charge >= 0.3 is 0 Å². The Hall–Kier alpha value is -1.26. The van der Waals surface area contributed by atoms with Crippen LogP contribution in [0.15, 0.2) is 42.1 Å². The second kappa shape index (κ2) is 3.71. The molecule has 49 valence electrons. The zero-order valence-electron chi connectivity index (χ0n) is 5.96. The summed E-state index contributed by atoms with van der Waals surface area (Å²) < 4.78 is 0. The monoisotopic (exact) mass is 129 g/mol. The number of allylic oxidation sites excluding steroid dienone is 1. The molecule has 0 saturated heterocycles. The van der Waals surface area contributed by atoms with Gasteiger partial charge in [-0.25, -0.2) is 0 Å². The molecule has 0 heteroatoms. The summed E-state index contributed by atoms with van der Waals surface area (Å²) in [6, 6.07) is 9.95. The lowest BCUT2D eigenvalue weighted by molar-refractivity contribution is 1.57. The van der Waals surface area contributed by atoms with E-state index < -0.39 is 0 Å². The largest absolute Gasteiger partial charge is 0.116 e. The second-order valence-electron chi connectivity index (χ2n) is 1.92. The Balaban J connectivity index is 2.87. The van der Waals surface area contributed by atoms with Gasteiger partial charge in [-0.3, -0.25) is 0 Å². The van der Waals surface area contributed by atoms with Crippen molar-refractivity contribution >= 4 is 0 Å². The zero-order valence-corrected chi connectivity index (χ0v) is 5.96. The van der Waals surface area contributed by atoms with Crippen molar-refractivity contribution in [2.24, 2.45) is 0 Å². The number of benzene rings is 1. The minimum absolute atomic E-state index is 1.07. The molecule has 1 aromatic carbocycles. The van der Waals surface area contributed by atoms with E-state index in [1.165, 1.54) is 0 Å².